The summed E-state index contributed by atoms with van der Waals surface area (Å²) in [5, 5.41) is 7.84. The van der Waals surface area contributed by atoms with Crippen molar-refractivity contribution in [2.75, 3.05) is 5.32 Å². The first-order valence-electron chi connectivity index (χ1n) is 9.54. The van der Waals surface area contributed by atoms with E-state index in [2.05, 4.69) is 10.6 Å². The smallest absolute Gasteiger partial charge is 0.265 e. The molecule has 3 rings (SSSR count). The van der Waals surface area contributed by atoms with Gasteiger partial charge in [0.1, 0.15) is 0 Å². The van der Waals surface area contributed by atoms with Crippen molar-refractivity contribution >= 4 is 40.4 Å². The van der Waals surface area contributed by atoms with Crippen LogP contribution in [-0.2, 0) is 17.9 Å². The summed E-state index contributed by atoms with van der Waals surface area (Å²) in [6, 6.07) is 16.3. The zero-order chi connectivity index (χ0) is 21.5. The summed E-state index contributed by atoms with van der Waals surface area (Å²) in [7, 11) is 0. The highest BCUT2D eigenvalue weighted by molar-refractivity contribution is 7.12. The predicted octanol–water partition coefficient (Wildman–Crippen LogP) is 5.51. The van der Waals surface area contributed by atoms with Crippen LogP contribution in [0.5, 0.6) is 0 Å². The van der Waals surface area contributed by atoms with Crippen LogP contribution in [0.1, 0.15) is 45.0 Å². The molecule has 2 amide bonds. The minimum absolute atomic E-state index is 0.184. The fourth-order valence-electron chi connectivity index (χ4n) is 2.65. The third kappa shape index (κ3) is 6.16. The second kappa shape index (κ2) is 10.4. The fourth-order valence-corrected chi connectivity index (χ4v) is 3.44. The van der Waals surface area contributed by atoms with E-state index in [1.165, 1.54) is 11.3 Å². The molecule has 0 aliphatic rings. The highest BCUT2D eigenvalue weighted by Crippen LogP contribution is 2.24. The van der Waals surface area contributed by atoms with E-state index in [9.17, 15) is 9.59 Å². The van der Waals surface area contributed by atoms with Crippen LogP contribution in [0, 0.1) is 0 Å². The summed E-state index contributed by atoms with van der Waals surface area (Å²) in [5.41, 5.74) is 2.89. The molecule has 1 aromatic heterocycles. The van der Waals surface area contributed by atoms with Crippen molar-refractivity contribution in [3.05, 3.63) is 86.6 Å². The van der Waals surface area contributed by atoms with Gasteiger partial charge in [0, 0.05) is 12.1 Å². The van der Waals surface area contributed by atoms with Crippen LogP contribution < -0.4 is 10.6 Å². The Morgan fingerprint density at radius 2 is 1.77 bits per heavy atom. The Hall–Kier alpha value is -2.67. The number of nitrogens with one attached hydrogen (secondary N) is 2. The number of carbonyl (C=O) groups excluding carboxylic acids is 2. The first-order chi connectivity index (χ1) is 14.4. The van der Waals surface area contributed by atoms with E-state index in [1.54, 1.807) is 30.3 Å². The summed E-state index contributed by atoms with van der Waals surface area (Å²) in [6.45, 7) is 4.96. The topological polar surface area (TPSA) is 67.4 Å². The highest BCUT2D eigenvalue weighted by Gasteiger charge is 2.13. The Morgan fingerprint density at radius 1 is 1.03 bits per heavy atom. The van der Waals surface area contributed by atoms with Crippen molar-refractivity contribution in [3.8, 4) is 0 Å². The third-order valence-electron chi connectivity index (χ3n) is 4.28. The van der Waals surface area contributed by atoms with Gasteiger partial charge in [0.15, 0.2) is 0 Å². The van der Waals surface area contributed by atoms with Gasteiger partial charge >= 0.3 is 0 Å². The van der Waals surface area contributed by atoms with Crippen LogP contribution >= 0.6 is 22.9 Å². The molecule has 30 heavy (non-hydrogen) atoms. The van der Waals surface area contributed by atoms with Crippen LogP contribution in [0.25, 0.3) is 0 Å². The lowest BCUT2D eigenvalue weighted by Gasteiger charge is -2.11. The van der Waals surface area contributed by atoms with Crippen molar-refractivity contribution in [1.29, 1.82) is 0 Å². The van der Waals surface area contributed by atoms with Crippen LogP contribution in [-0.4, -0.2) is 17.9 Å². The standard InChI is InChI=1S/C23H23ClN2O3S/c1-15(2)29-14-17-7-5-16(6-8-17)13-25-22(27)18-9-10-19(24)20(12-18)26-23(28)21-4-3-11-30-21/h3-12,15H,13-14H2,1-2H3,(H,25,27)(H,26,28). The van der Waals surface area contributed by atoms with Gasteiger partial charge in [-0.3, -0.25) is 9.59 Å². The number of hydrogen-bond acceptors (Lipinski definition) is 4. The zero-order valence-electron chi connectivity index (χ0n) is 16.8. The van der Waals surface area contributed by atoms with Crippen molar-refractivity contribution in [2.45, 2.75) is 33.1 Å². The van der Waals surface area contributed by atoms with Gasteiger partial charge in [0.25, 0.3) is 11.8 Å². The van der Waals surface area contributed by atoms with Crippen LogP contribution in [0.2, 0.25) is 5.02 Å². The molecule has 0 atom stereocenters. The van der Waals surface area contributed by atoms with Gasteiger partial charge in [0.05, 0.1) is 28.3 Å². The lowest BCUT2D eigenvalue weighted by Crippen LogP contribution is -2.23. The summed E-state index contributed by atoms with van der Waals surface area (Å²) in [6.07, 6.45) is 0.184. The Balaban J connectivity index is 1.59. The number of anilines is 1. The first-order valence-corrected chi connectivity index (χ1v) is 10.8. The highest BCUT2D eigenvalue weighted by atomic mass is 35.5. The van der Waals surface area contributed by atoms with E-state index in [0.29, 0.717) is 34.3 Å². The number of amides is 2. The van der Waals surface area contributed by atoms with E-state index in [0.717, 1.165) is 11.1 Å². The summed E-state index contributed by atoms with van der Waals surface area (Å²) < 4.78 is 5.59. The van der Waals surface area contributed by atoms with Gasteiger partial charge in [-0.15, -0.1) is 11.3 Å². The molecule has 1 heterocycles. The SMILES string of the molecule is CC(C)OCc1ccc(CNC(=O)c2ccc(Cl)c(NC(=O)c3cccs3)c2)cc1. The molecule has 0 spiro atoms. The number of hydrogen-bond donors (Lipinski definition) is 2. The van der Waals surface area contributed by atoms with E-state index in [4.69, 9.17) is 16.3 Å². The Labute approximate surface area is 185 Å². The molecule has 0 aliphatic carbocycles. The molecule has 5 nitrogen and oxygen atoms in total. The Bertz CT molecular complexity index is 1000. The number of carbonyl (C=O) groups is 2. The molecule has 0 bridgehead atoms. The summed E-state index contributed by atoms with van der Waals surface area (Å²) in [4.78, 5) is 25.4. The molecule has 0 saturated heterocycles. The molecule has 0 aliphatic heterocycles. The van der Waals surface area contributed by atoms with Gasteiger partial charge in [0.2, 0.25) is 0 Å². The maximum atomic E-state index is 12.6. The number of halogens is 1. The van der Waals surface area contributed by atoms with Gasteiger partial charge in [-0.25, -0.2) is 0 Å². The van der Waals surface area contributed by atoms with Gasteiger partial charge < -0.3 is 15.4 Å². The van der Waals surface area contributed by atoms with E-state index in [-0.39, 0.29) is 17.9 Å². The van der Waals surface area contributed by atoms with Crippen molar-refractivity contribution in [2.24, 2.45) is 0 Å². The molecule has 0 saturated carbocycles. The molecule has 0 radical (unpaired) electrons. The van der Waals surface area contributed by atoms with Crippen LogP contribution in [0.15, 0.2) is 60.0 Å². The molecule has 3 aromatic rings. The Kier molecular flexibility index (Phi) is 7.63. The maximum Gasteiger partial charge on any atom is 0.265 e. The van der Waals surface area contributed by atoms with E-state index in [1.807, 2.05) is 43.5 Å². The molecule has 2 aromatic carbocycles. The minimum Gasteiger partial charge on any atom is -0.374 e. The maximum absolute atomic E-state index is 12.6. The molecular formula is C23H23ClN2O3S. The quantitative estimate of drug-likeness (QED) is 0.483. The van der Waals surface area contributed by atoms with Crippen LogP contribution in [0.3, 0.4) is 0 Å². The normalized spacial score (nSPS) is 10.8. The number of thiophene rings is 1. The van der Waals surface area contributed by atoms with Crippen LogP contribution in [0.4, 0.5) is 5.69 Å². The molecule has 2 N–H and O–H groups in total. The second-order valence-corrected chi connectivity index (χ2v) is 8.34. The molecular weight excluding hydrogens is 420 g/mol. The van der Waals surface area contributed by atoms with Crippen molar-refractivity contribution in [3.63, 3.8) is 0 Å². The average Bonchev–Trinajstić information content (AvgIpc) is 3.28. The lowest BCUT2D eigenvalue weighted by atomic mass is 10.1. The van der Waals surface area contributed by atoms with Gasteiger partial charge in [-0.2, -0.15) is 0 Å². The molecule has 0 fully saturated rings. The molecule has 156 valence electrons. The average molecular weight is 443 g/mol. The largest absolute Gasteiger partial charge is 0.374 e. The summed E-state index contributed by atoms with van der Waals surface area (Å²) >= 11 is 7.52. The number of rotatable bonds is 8. The first kappa shape index (κ1) is 22.0. The minimum atomic E-state index is -0.258. The second-order valence-electron chi connectivity index (χ2n) is 6.98. The third-order valence-corrected chi connectivity index (χ3v) is 5.48. The molecule has 0 unspecified atom stereocenters. The summed E-state index contributed by atoms with van der Waals surface area (Å²) in [5.74, 6) is -0.503. The fraction of sp³-hybridized carbons (Fsp3) is 0.217. The van der Waals surface area contributed by atoms with Crippen molar-refractivity contribution in [1.82, 2.24) is 5.32 Å². The van der Waals surface area contributed by atoms with E-state index >= 15 is 0 Å². The van der Waals surface area contributed by atoms with Gasteiger partial charge in [-0.1, -0.05) is 41.9 Å². The number of ether oxygens (including phenoxy) is 1. The van der Waals surface area contributed by atoms with E-state index < -0.39 is 0 Å². The Morgan fingerprint density at radius 3 is 2.43 bits per heavy atom. The predicted molar refractivity (Wildman–Crippen MR) is 121 cm³/mol. The van der Waals surface area contributed by atoms with Crippen molar-refractivity contribution < 1.29 is 14.3 Å². The monoisotopic (exact) mass is 442 g/mol. The lowest BCUT2D eigenvalue weighted by molar-refractivity contribution is 0.0657. The van der Waals surface area contributed by atoms with Gasteiger partial charge in [-0.05, 0) is 54.6 Å². The zero-order valence-corrected chi connectivity index (χ0v) is 18.3. The molecule has 7 heteroatoms. The number of benzene rings is 2.